The van der Waals surface area contributed by atoms with Gasteiger partial charge in [-0.2, -0.15) is 5.10 Å². The molecule has 37 heavy (non-hydrogen) atoms. The lowest BCUT2D eigenvalue weighted by Crippen LogP contribution is -2.52. The molecule has 1 fully saturated rings. The molecule has 1 aliphatic heterocycles. The maximum Gasteiger partial charge on any atom is 0.295 e. The van der Waals surface area contributed by atoms with Crippen LogP contribution in [0.5, 0.6) is 0 Å². The first-order chi connectivity index (χ1) is 17.9. The number of rotatable bonds is 5. The van der Waals surface area contributed by atoms with E-state index in [4.69, 9.17) is 0 Å². The number of carbonyl (C=O) groups is 4. The number of carbonyl (C=O) groups excluding carboxylic acids is 4. The second-order valence-electron chi connectivity index (χ2n) is 8.43. The van der Waals surface area contributed by atoms with E-state index in [1.165, 1.54) is 24.2 Å². The Morgan fingerprint density at radius 1 is 1.03 bits per heavy atom. The summed E-state index contributed by atoms with van der Waals surface area (Å²) < 4.78 is 14.8. The zero-order chi connectivity index (χ0) is 26.1. The molecule has 0 atom stereocenters. The molecule has 0 saturated carbocycles. The fraction of sp³-hybridized carbons (Fsp3) is 0.200. The third kappa shape index (κ3) is 4.33. The standard InChI is InChI=1S/C25H22FN7O4/c1-27-23(35)18-11-17(30-31-18)20-21-19(16(26)13-29-20)15(12-28-21)22(34)25(37)33-9-7-32(8-10-33)24(36)14-5-3-2-4-6-14/h2-6,11-13,28H,7-10H2,1H3,(H,27,35)(H,30,31). The predicted molar refractivity (Wildman–Crippen MR) is 130 cm³/mol. The monoisotopic (exact) mass is 503 g/mol. The number of H-pyrrole nitrogens is 2. The second kappa shape index (κ2) is 9.64. The van der Waals surface area contributed by atoms with Crippen molar-refractivity contribution < 1.29 is 23.6 Å². The van der Waals surface area contributed by atoms with E-state index >= 15 is 0 Å². The lowest BCUT2D eigenvalue weighted by atomic mass is 10.1. The Labute approximate surface area is 209 Å². The van der Waals surface area contributed by atoms with Crippen LogP contribution in [-0.2, 0) is 4.79 Å². The molecular formula is C25H22FN7O4. The summed E-state index contributed by atoms with van der Waals surface area (Å²) in [6.07, 6.45) is 2.20. The van der Waals surface area contributed by atoms with Gasteiger partial charge >= 0.3 is 0 Å². The Balaban J connectivity index is 1.35. The lowest BCUT2D eigenvalue weighted by Gasteiger charge is -2.34. The van der Waals surface area contributed by atoms with Crippen molar-refractivity contribution in [1.82, 2.24) is 35.3 Å². The molecule has 4 aromatic rings. The van der Waals surface area contributed by atoms with Gasteiger partial charge in [-0.3, -0.25) is 24.3 Å². The minimum absolute atomic E-state index is 0.0919. The number of fused-ring (bicyclic) bond motifs is 1. The summed E-state index contributed by atoms with van der Waals surface area (Å²) in [4.78, 5) is 60.5. The Morgan fingerprint density at radius 2 is 1.73 bits per heavy atom. The fourth-order valence-electron chi connectivity index (χ4n) is 4.31. The molecule has 3 amide bonds. The van der Waals surface area contributed by atoms with Crippen LogP contribution >= 0.6 is 0 Å². The van der Waals surface area contributed by atoms with Crippen LogP contribution in [0.2, 0.25) is 0 Å². The SMILES string of the molecule is CNC(=O)c1cc(-c2ncc(F)c3c(C(=O)C(=O)N4CCN(C(=O)c5ccccc5)CC4)c[nH]c23)n[nH]1. The number of nitrogens with zero attached hydrogens (tertiary/aromatic N) is 4. The van der Waals surface area contributed by atoms with E-state index in [1.807, 2.05) is 6.07 Å². The van der Waals surface area contributed by atoms with Gasteiger partial charge in [0.05, 0.1) is 22.7 Å². The summed E-state index contributed by atoms with van der Waals surface area (Å²) in [7, 11) is 1.47. The highest BCUT2D eigenvalue weighted by Gasteiger charge is 2.31. The molecule has 4 heterocycles. The maximum absolute atomic E-state index is 14.8. The van der Waals surface area contributed by atoms with Crippen molar-refractivity contribution in [2.45, 2.75) is 0 Å². The molecule has 1 aliphatic rings. The summed E-state index contributed by atoms with van der Waals surface area (Å²) >= 11 is 0. The number of halogens is 1. The molecule has 0 aliphatic carbocycles. The van der Waals surface area contributed by atoms with Gasteiger partial charge in [-0.05, 0) is 18.2 Å². The van der Waals surface area contributed by atoms with Crippen LogP contribution in [0, 0.1) is 5.82 Å². The molecule has 0 bridgehead atoms. The number of aromatic nitrogens is 4. The molecule has 11 nitrogen and oxygen atoms in total. The van der Waals surface area contributed by atoms with Gasteiger partial charge in [-0.15, -0.1) is 0 Å². The van der Waals surface area contributed by atoms with E-state index in [1.54, 1.807) is 29.2 Å². The first-order valence-electron chi connectivity index (χ1n) is 11.5. The Kier molecular flexibility index (Phi) is 6.22. The molecule has 5 rings (SSSR count). The van der Waals surface area contributed by atoms with Gasteiger partial charge in [0, 0.05) is 45.0 Å². The average molecular weight is 503 g/mol. The average Bonchev–Trinajstić information content (AvgIpc) is 3.61. The van der Waals surface area contributed by atoms with Crippen LogP contribution in [0.15, 0.2) is 48.8 Å². The molecular weight excluding hydrogens is 481 g/mol. The highest BCUT2D eigenvalue weighted by atomic mass is 19.1. The van der Waals surface area contributed by atoms with Crippen molar-refractivity contribution in [2.75, 3.05) is 33.2 Å². The van der Waals surface area contributed by atoms with Crippen molar-refractivity contribution in [3.05, 3.63) is 71.4 Å². The van der Waals surface area contributed by atoms with E-state index in [0.717, 1.165) is 6.20 Å². The summed E-state index contributed by atoms with van der Waals surface area (Å²) in [6.45, 7) is 0.901. The quantitative estimate of drug-likeness (QED) is 0.279. The minimum Gasteiger partial charge on any atom is -0.359 e. The molecule has 12 heteroatoms. The molecule has 1 saturated heterocycles. The fourth-order valence-corrected chi connectivity index (χ4v) is 4.31. The van der Waals surface area contributed by atoms with Crippen molar-refractivity contribution in [2.24, 2.45) is 0 Å². The predicted octanol–water partition coefficient (Wildman–Crippen LogP) is 1.62. The summed E-state index contributed by atoms with van der Waals surface area (Å²) in [5.41, 5.74) is 1.24. The smallest absolute Gasteiger partial charge is 0.295 e. The number of hydrogen-bond acceptors (Lipinski definition) is 6. The first kappa shape index (κ1) is 23.9. The molecule has 3 aromatic heterocycles. The molecule has 188 valence electrons. The summed E-state index contributed by atoms with van der Waals surface area (Å²) in [5, 5.41) is 9.01. The Hall–Kier alpha value is -4.87. The third-order valence-corrected chi connectivity index (χ3v) is 6.27. The van der Waals surface area contributed by atoms with Gasteiger partial charge in [0.15, 0.2) is 5.82 Å². The number of benzene rings is 1. The van der Waals surface area contributed by atoms with Crippen LogP contribution in [-0.4, -0.2) is 86.7 Å². The van der Waals surface area contributed by atoms with E-state index < -0.39 is 23.4 Å². The van der Waals surface area contributed by atoms with Crippen LogP contribution < -0.4 is 5.32 Å². The Morgan fingerprint density at radius 3 is 2.43 bits per heavy atom. The van der Waals surface area contributed by atoms with Crippen molar-refractivity contribution in [1.29, 1.82) is 0 Å². The number of piperazine rings is 1. The van der Waals surface area contributed by atoms with Crippen LogP contribution in [0.3, 0.4) is 0 Å². The maximum atomic E-state index is 14.8. The van der Waals surface area contributed by atoms with E-state index in [2.05, 4.69) is 25.5 Å². The van der Waals surface area contributed by atoms with Gasteiger partial charge in [0.2, 0.25) is 0 Å². The highest BCUT2D eigenvalue weighted by Crippen LogP contribution is 2.30. The number of Topliss-reactive ketones (excluding diaryl/α,β-unsaturated/α-hetero) is 1. The molecule has 0 spiro atoms. The molecule has 0 radical (unpaired) electrons. The number of aromatic amines is 2. The van der Waals surface area contributed by atoms with Gasteiger partial charge < -0.3 is 20.1 Å². The number of amides is 3. The van der Waals surface area contributed by atoms with Crippen LogP contribution in [0.4, 0.5) is 4.39 Å². The zero-order valence-corrected chi connectivity index (χ0v) is 19.7. The lowest BCUT2D eigenvalue weighted by molar-refractivity contribution is -0.127. The van der Waals surface area contributed by atoms with Gasteiger partial charge in [0.1, 0.15) is 17.1 Å². The van der Waals surface area contributed by atoms with Gasteiger partial charge in [-0.1, -0.05) is 18.2 Å². The number of nitrogens with one attached hydrogen (secondary N) is 3. The zero-order valence-electron chi connectivity index (χ0n) is 19.7. The number of hydrogen-bond donors (Lipinski definition) is 3. The topological polar surface area (TPSA) is 144 Å². The first-order valence-corrected chi connectivity index (χ1v) is 11.5. The molecule has 3 N–H and O–H groups in total. The number of ketones is 1. The van der Waals surface area contributed by atoms with Crippen molar-refractivity contribution >= 4 is 34.4 Å². The van der Waals surface area contributed by atoms with Crippen LogP contribution in [0.25, 0.3) is 22.3 Å². The van der Waals surface area contributed by atoms with Crippen LogP contribution in [0.1, 0.15) is 31.2 Å². The largest absolute Gasteiger partial charge is 0.359 e. The highest BCUT2D eigenvalue weighted by molar-refractivity contribution is 6.45. The second-order valence-corrected chi connectivity index (χ2v) is 8.43. The van der Waals surface area contributed by atoms with Crippen molar-refractivity contribution in [3.8, 4) is 11.4 Å². The third-order valence-electron chi connectivity index (χ3n) is 6.27. The summed E-state index contributed by atoms with van der Waals surface area (Å²) in [5.74, 6) is -2.98. The normalized spacial score (nSPS) is 13.6. The van der Waals surface area contributed by atoms with E-state index in [-0.39, 0.29) is 65.6 Å². The minimum atomic E-state index is -0.877. The molecule has 1 aromatic carbocycles. The molecule has 0 unspecified atom stereocenters. The van der Waals surface area contributed by atoms with E-state index in [9.17, 15) is 23.6 Å². The Bertz CT molecular complexity index is 1520. The number of pyridine rings is 1. The summed E-state index contributed by atoms with van der Waals surface area (Å²) in [6, 6.07) is 10.3. The van der Waals surface area contributed by atoms with Gasteiger partial charge in [0.25, 0.3) is 23.5 Å². The van der Waals surface area contributed by atoms with Gasteiger partial charge in [-0.25, -0.2) is 9.37 Å². The van der Waals surface area contributed by atoms with Crippen molar-refractivity contribution in [3.63, 3.8) is 0 Å². The van der Waals surface area contributed by atoms with E-state index in [0.29, 0.717) is 5.56 Å².